The molecule has 0 rings (SSSR count). The molecule has 0 bridgehead atoms. The minimum absolute atomic E-state index is 0.130. The smallest absolute Gasteiger partial charge is 0.337 e. The van der Waals surface area contributed by atoms with Crippen LogP contribution in [0.2, 0.25) is 0 Å². The van der Waals surface area contributed by atoms with Gasteiger partial charge < -0.3 is 4.74 Å². The molecule has 5 heteroatoms. The number of allylic oxidation sites excluding steroid dienone is 3. The molecule has 0 saturated heterocycles. The minimum atomic E-state index is -0.697. The molecule has 0 fully saturated rings. The van der Waals surface area contributed by atoms with Gasteiger partial charge in [-0.3, -0.25) is 10.1 Å². The second-order valence-corrected chi connectivity index (χ2v) is 2.52. The largest absolute Gasteiger partial charge is 0.466 e. The highest BCUT2D eigenvalue weighted by atomic mass is 16.6. The number of ether oxygens (including phenoxy) is 1. The van der Waals surface area contributed by atoms with Crippen molar-refractivity contribution in [2.75, 3.05) is 7.11 Å². The fourth-order valence-electron chi connectivity index (χ4n) is 0.809. The van der Waals surface area contributed by atoms with E-state index in [1.165, 1.54) is 7.11 Å². The number of hydrogen-bond acceptors (Lipinski definition) is 4. The Hall–Kier alpha value is -1.65. The van der Waals surface area contributed by atoms with Crippen LogP contribution in [0, 0.1) is 10.1 Å². The molecule has 0 aromatic rings. The Balaban J connectivity index is 4.36. The molecular weight excluding hydrogens is 186 g/mol. The van der Waals surface area contributed by atoms with Crippen LogP contribution >= 0.6 is 0 Å². The molecule has 0 amide bonds. The Kier molecular flexibility index (Phi) is 6.02. The maximum absolute atomic E-state index is 10.7. The lowest BCUT2D eigenvalue weighted by Gasteiger charge is -1.95. The van der Waals surface area contributed by atoms with Gasteiger partial charge >= 0.3 is 5.97 Å². The first kappa shape index (κ1) is 12.3. The molecule has 14 heavy (non-hydrogen) atoms. The Bertz CT molecular complexity index is 268. The standard InChI is InChI=1S/C9H13NO4/c1-3-4-5-6-8(10(12)13)7-9(11)14-2/h3-4,7H,5-6H2,1-2H3/b4-3+,8-7-. The summed E-state index contributed by atoms with van der Waals surface area (Å²) in [4.78, 5) is 20.6. The zero-order valence-corrected chi connectivity index (χ0v) is 8.23. The zero-order valence-electron chi connectivity index (χ0n) is 8.23. The number of nitro groups is 1. The van der Waals surface area contributed by atoms with Gasteiger partial charge in [0.15, 0.2) is 0 Å². The van der Waals surface area contributed by atoms with Crippen molar-refractivity contribution in [3.63, 3.8) is 0 Å². The van der Waals surface area contributed by atoms with Gasteiger partial charge in [-0.1, -0.05) is 12.2 Å². The Labute approximate surface area is 82.2 Å². The molecule has 0 aliphatic carbocycles. The molecule has 0 heterocycles. The van der Waals surface area contributed by atoms with Crippen molar-refractivity contribution in [2.45, 2.75) is 19.8 Å². The van der Waals surface area contributed by atoms with Gasteiger partial charge in [0.05, 0.1) is 18.1 Å². The van der Waals surface area contributed by atoms with E-state index in [4.69, 9.17) is 0 Å². The molecule has 0 spiro atoms. The minimum Gasteiger partial charge on any atom is -0.466 e. The van der Waals surface area contributed by atoms with Crippen LogP contribution in [0.3, 0.4) is 0 Å². The van der Waals surface area contributed by atoms with Crippen molar-refractivity contribution >= 4 is 5.97 Å². The van der Waals surface area contributed by atoms with Crippen LogP contribution in [0.25, 0.3) is 0 Å². The van der Waals surface area contributed by atoms with Gasteiger partial charge in [-0.2, -0.15) is 0 Å². The Morgan fingerprint density at radius 3 is 2.64 bits per heavy atom. The number of hydrogen-bond donors (Lipinski definition) is 0. The summed E-state index contributed by atoms with van der Waals surface area (Å²) in [5.74, 6) is -0.697. The third-order valence-corrected chi connectivity index (χ3v) is 1.52. The number of carbonyl (C=O) groups is 1. The number of rotatable bonds is 5. The maximum Gasteiger partial charge on any atom is 0.337 e. The van der Waals surface area contributed by atoms with E-state index >= 15 is 0 Å². The number of methoxy groups -OCH3 is 1. The molecule has 0 aliphatic rings. The van der Waals surface area contributed by atoms with Crippen LogP contribution in [0.1, 0.15) is 19.8 Å². The van der Waals surface area contributed by atoms with Gasteiger partial charge in [0.2, 0.25) is 0 Å². The van der Waals surface area contributed by atoms with Crippen LogP contribution in [0.5, 0.6) is 0 Å². The van der Waals surface area contributed by atoms with Crippen LogP contribution in [0.15, 0.2) is 23.9 Å². The normalized spacial score (nSPS) is 11.7. The molecule has 0 unspecified atom stereocenters. The highest BCUT2D eigenvalue weighted by Gasteiger charge is 2.12. The van der Waals surface area contributed by atoms with Gasteiger partial charge in [-0.05, 0) is 13.3 Å². The molecule has 0 radical (unpaired) electrons. The lowest BCUT2D eigenvalue weighted by Crippen LogP contribution is -2.04. The van der Waals surface area contributed by atoms with Gasteiger partial charge in [0.1, 0.15) is 0 Å². The Morgan fingerprint density at radius 2 is 2.21 bits per heavy atom. The quantitative estimate of drug-likeness (QED) is 0.222. The summed E-state index contributed by atoms with van der Waals surface area (Å²) in [5.41, 5.74) is -0.130. The number of carbonyl (C=O) groups excluding carboxylic acids is 1. The fraction of sp³-hybridized carbons (Fsp3) is 0.444. The van der Waals surface area contributed by atoms with Gasteiger partial charge in [-0.15, -0.1) is 0 Å². The van der Waals surface area contributed by atoms with Crippen LogP contribution in [0.4, 0.5) is 0 Å². The third-order valence-electron chi connectivity index (χ3n) is 1.52. The second kappa shape index (κ2) is 6.82. The van der Waals surface area contributed by atoms with E-state index in [1.807, 2.05) is 6.92 Å². The van der Waals surface area contributed by atoms with Crippen molar-refractivity contribution in [1.29, 1.82) is 0 Å². The summed E-state index contributed by atoms with van der Waals surface area (Å²) in [5, 5.41) is 10.5. The molecule has 0 aliphatic heterocycles. The molecule has 0 aromatic heterocycles. The summed E-state index contributed by atoms with van der Waals surface area (Å²) >= 11 is 0. The zero-order chi connectivity index (χ0) is 11.0. The summed E-state index contributed by atoms with van der Waals surface area (Å²) < 4.78 is 4.30. The first-order valence-corrected chi connectivity index (χ1v) is 4.16. The average molecular weight is 199 g/mol. The maximum atomic E-state index is 10.7. The molecule has 78 valence electrons. The SMILES string of the molecule is C/C=C/CC/C(=C/C(=O)OC)[N+](=O)[O-]. The van der Waals surface area contributed by atoms with Crippen molar-refractivity contribution in [2.24, 2.45) is 0 Å². The van der Waals surface area contributed by atoms with Gasteiger partial charge in [-0.25, -0.2) is 4.79 Å². The summed E-state index contributed by atoms with van der Waals surface area (Å²) in [6.07, 6.45) is 5.28. The summed E-state index contributed by atoms with van der Waals surface area (Å²) in [6.45, 7) is 1.83. The van der Waals surface area contributed by atoms with Crippen molar-refractivity contribution in [1.82, 2.24) is 0 Å². The van der Waals surface area contributed by atoms with E-state index in [2.05, 4.69) is 4.74 Å². The third kappa shape index (κ3) is 5.08. The van der Waals surface area contributed by atoms with Crippen LogP contribution in [-0.4, -0.2) is 18.0 Å². The van der Waals surface area contributed by atoms with Crippen LogP contribution < -0.4 is 0 Å². The lowest BCUT2D eigenvalue weighted by molar-refractivity contribution is -0.427. The molecule has 0 N–H and O–H groups in total. The summed E-state index contributed by atoms with van der Waals surface area (Å²) in [7, 11) is 1.18. The molecule has 0 atom stereocenters. The van der Waals surface area contributed by atoms with E-state index < -0.39 is 10.9 Å². The van der Waals surface area contributed by atoms with Crippen molar-refractivity contribution in [3.05, 3.63) is 34.0 Å². The van der Waals surface area contributed by atoms with E-state index in [9.17, 15) is 14.9 Å². The van der Waals surface area contributed by atoms with Gasteiger partial charge in [0, 0.05) is 6.42 Å². The first-order chi connectivity index (χ1) is 6.61. The topological polar surface area (TPSA) is 69.4 Å². The Morgan fingerprint density at radius 1 is 1.57 bits per heavy atom. The van der Waals surface area contributed by atoms with Gasteiger partial charge in [0.25, 0.3) is 5.70 Å². The molecule has 5 nitrogen and oxygen atoms in total. The van der Waals surface area contributed by atoms with E-state index in [-0.39, 0.29) is 12.1 Å². The fourth-order valence-corrected chi connectivity index (χ4v) is 0.809. The molecule has 0 saturated carbocycles. The van der Waals surface area contributed by atoms with E-state index in [0.717, 1.165) is 6.08 Å². The molecular formula is C9H13NO4. The predicted octanol–water partition coefficient (Wildman–Crippen LogP) is 1.68. The highest BCUT2D eigenvalue weighted by molar-refractivity contribution is 5.82. The second-order valence-electron chi connectivity index (χ2n) is 2.52. The number of esters is 1. The monoisotopic (exact) mass is 199 g/mol. The lowest BCUT2D eigenvalue weighted by atomic mass is 10.2. The first-order valence-electron chi connectivity index (χ1n) is 4.16. The van der Waals surface area contributed by atoms with Crippen molar-refractivity contribution in [3.8, 4) is 0 Å². The average Bonchev–Trinajstić information content (AvgIpc) is 2.16. The van der Waals surface area contributed by atoms with Crippen molar-refractivity contribution < 1.29 is 14.5 Å². The molecule has 0 aromatic carbocycles. The summed E-state index contributed by atoms with van der Waals surface area (Å²) in [6, 6.07) is 0. The highest BCUT2D eigenvalue weighted by Crippen LogP contribution is 2.06. The van der Waals surface area contributed by atoms with E-state index in [1.54, 1.807) is 12.2 Å². The van der Waals surface area contributed by atoms with E-state index in [0.29, 0.717) is 6.42 Å². The number of nitrogens with zero attached hydrogens (tertiary/aromatic N) is 1. The predicted molar refractivity (Wildman–Crippen MR) is 51.1 cm³/mol. The van der Waals surface area contributed by atoms with Crippen LogP contribution in [-0.2, 0) is 9.53 Å².